The maximum atomic E-state index is 12.9. The summed E-state index contributed by atoms with van der Waals surface area (Å²) in [7, 11) is -3.71. The molecule has 8 nitrogen and oxygen atoms in total. The van der Waals surface area contributed by atoms with Crippen LogP contribution in [0.3, 0.4) is 0 Å². The SMILES string of the molecule is Cc1nc(C(C)(NS(=O)(=O)c2cnn(C3CCC3)c2)C2CC2)no1. The Morgan fingerprint density at radius 2 is 2.08 bits per heavy atom. The van der Waals surface area contributed by atoms with Gasteiger partial charge in [0.05, 0.1) is 17.8 Å². The van der Waals surface area contributed by atoms with Crippen molar-refractivity contribution in [1.29, 1.82) is 0 Å². The van der Waals surface area contributed by atoms with E-state index >= 15 is 0 Å². The number of nitrogens with zero attached hydrogens (tertiary/aromatic N) is 4. The number of hydrogen-bond donors (Lipinski definition) is 1. The van der Waals surface area contributed by atoms with Crippen LogP contribution in [-0.2, 0) is 15.6 Å². The minimum Gasteiger partial charge on any atom is -0.340 e. The van der Waals surface area contributed by atoms with Crippen LogP contribution in [0.5, 0.6) is 0 Å². The lowest BCUT2D eigenvalue weighted by molar-refractivity contribution is 0.289. The zero-order chi connectivity index (χ0) is 16.9. The molecule has 0 aliphatic heterocycles. The molecule has 0 spiro atoms. The molecule has 4 rings (SSSR count). The fourth-order valence-corrected chi connectivity index (χ4v) is 4.50. The van der Waals surface area contributed by atoms with E-state index in [1.807, 2.05) is 6.92 Å². The highest BCUT2D eigenvalue weighted by molar-refractivity contribution is 7.89. The van der Waals surface area contributed by atoms with Crippen molar-refractivity contribution in [3.63, 3.8) is 0 Å². The summed E-state index contributed by atoms with van der Waals surface area (Å²) in [5, 5.41) is 8.17. The maximum absolute atomic E-state index is 12.9. The van der Waals surface area contributed by atoms with Crippen LogP contribution in [0.4, 0.5) is 0 Å². The summed E-state index contributed by atoms with van der Waals surface area (Å²) in [4.78, 5) is 4.43. The molecule has 1 N–H and O–H groups in total. The van der Waals surface area contributed by atoms with Crippen molar-refractivity contribution in [3.05, 3.63) is 24.1 Å². The second kappa shape index (κ2) is 5.38. The van der Waals surface area contributed by atoms with Gasteiger partial charge in [-0.05, 0) is 44.9 Å². The van der Waals surface area contributed by atoms with E-state index in [1.165, 1.54) is 12.6 Å². The number of sulfonamides is 1. The molecule has 1 unspecified atom stereocenters. The molecule has 2 aliphatic rings. The summed E-state index contributed by atoms with van der Waals surface area (Å²) in [5.41, 5.74) is -0.866. The summed E-state index contributed by atoms with van der Waals surface area (Å²) in [5.74, 6) is 0.984. The van der Waals surface area contributed by atoms with Gasteiger partial charge in [-0.3, -0.25) is 4.68 Å². The van der Waals surface area contributed by atoms with E-state index in [0.717, 1.165) is 25.7 Å². The second-order valence-corrected chi connectivity index (χ2v) is 8.64. The lowest BCUT2D eigenvalue weighted by Gasteiger charge is -2.27. The van der Waals surface area contributed by atoms with Gasteiger partial charge in [0.15, 0.2) is 5.82 Å². The number of hydrogen-bond acceptors (Lipinski definition) is 6. The Hall–Kier alpha value is -1.74. The maximum Gasteiger partial charge on any atom is 0.244 e. The van der Waals surface area contributed by atoms with Crippen molar-refractivity contribution < 1.29 is 12.9 Å². The Balaban J connectivity index is 1.62. The summed E-state index contributed by atoms with van der Waals surface area (Å²) >= 11 is 0. The third kappa shape index (κ3) is 2.65. The lowest BCUT2D eigenvalue weighted by atomic mass is 9.93. The fraction of sp³-hybridized carbons (Fsp3) is 0.667. The van der Waals surface area contributed by atoms with Gasteiger partial charge in [0.1, 0.15) is 4.90 Å². The Morgan fingerprint density at radius 1 is 1.33 bits per heavy atom. The molecule has 0 amide bonds. The van der Waals surface area contributed by atoms with Crippen molar-refractivity contribution in [2.75, 3.05) is 0 Å². The minimum absolute atomic E-state index is 0.172. The zero-order valence-electron chi connectivity index (χ0n) is 13.8. The average Bonchev–Trinajstić information content (AvgIpc) is 3.05. The minimum atomic E-state index is -3.71. The summed E-state index contributed by atoms with van der Waals surface area (Å²) in [6, 6.07) is 0.323. The van der Waals surface area contributed by atoms with Crippen LogP contribution < -0.4 is 4.72 Å². The van der Waals surface area contributed by atoms with E-state index in [2.05, 4.69) is 20.0 Å². The topological polar surface area (TPSA) is 103 Å². The van der Waals surface area contributed by atoms with Crippen LogP contribution in [0.15, 0.2) is 21.8 Å². The van der Waals surface area contributed by atoms with Crippen molar-refractivity contribution >= 4 is 10.0 Å². The van der Waals surface area contributed by atoms with Crippen molar-refractivity contribution in [2.45, 2.75) is 62.4 Å². The molecule has 130 valence electrons. The molecule has 0 saturated heterocycles. The smallest absolute Gasteiger partial charge is 0.244 e. The summed E-state index contributed by atoms with van der Waals surface area (Å²) in [6.45, 7) is 3.52. The van der Waals surface area contributed by atoms with Crippen LogP contribution in [0.2, 0.25) is 0 Å². The fourth-order valence-electron chi connectivity index (χ4n) is 3.13. The molecule has 2 aromatic rings. The molecule has 2 saturated carbocycles. The van der Waals surface area contributed by atoms with E-state index in [-0.39, 0.29) is 10.8 Å². The largest absolute Gasteiger partial charge is 0.340 e. The Bertz CT molecular complexity index is 850. The molecular formula is C15H21N5O3S. The number of aryl methyl sites for hydroxylation is 1. The summed E-state index contributed by atoms with van der Waals surface area (Å²) in [6.07, 6.45) is 8.17. The van der Waals surface area contributed by atoms with Crippen LogP contribution >= 0.6 is 0 Å². The molecule has 2 fully saturated rings. The zero-order valence-corrected chi connectivity index (χ0v) is 14.6. The van der Waals surface area contributed by atoms with Gasteiger partial charge >= 0.3 is 0 Å². The molecular weight excluding hydrogens is 330 g/mol. The molecule has 0 radical (unpaired) electrons. The molecule has 2 aromatic heterocycles. The Morgan fingerprint density at radius 3 is 2.62 bits per heavy atom. The van der Waals surface area contributed by atoms with Crippen molar-refractivity contribution in [3.8, 4) is 0 Å². The first-order valence-electron chi connectivity index (χ1n) is 8.27. The van der Waals surface area contributed by atoms with E-state index in [1.54, 1.807) is 17.8 Å². The van der Waals surface area contributed by atoms with E-state index in [4.69, 9.17) is 4.52 Å². The van der Waals surface area contributed by atoms with Gasteiger partial charge in [-0.2, -0.15) is 14.8 Å². The molecule has 2 aliphatic carbocycles. The summed E-state index contributed by atoms with van der Waals surface area (Å²) < 4.78 is 35.3. The highest BCUT2D eigenvalue weighted by Gasteiger charge is 2.49. The van der Waals surface area contributed by atoms with Gasteiger partial charge in [-0.1, -0.05) is 5.16 Å². The standard InChI is InChI=1S/C15H21N5O3S/c1-10-17-14(18-23-10)15(2,11-6-7-11)19-24(21,22)13-8-16-20(9-13)12-4-3-5-12/h8-9,11-12,19H,3-7H2,1-2H3. The molecule has 2 heterocycles. The predicted octanol–water partition coefficient (Wildman–Crippen LogP) is 1.90. The van der Waals surface area contributed by atoms with Crippen LogP contribution in [0.25, 0.3) is 0 Å². The van der Waals surface area contributed by atoms with Gasteiger partial charge in [-0.25, -0.2) is 8.42 Å². The first kappa shape index (κ1) is 15.8. The molecule has 9 heteroatoms. The molecule has 1 atom stereocenters. The third-order valence-electron chi connectivity index (χ3n) is 5.07. The first-order chi connectivity index (χ1) is 11.4. The first-order valence-corrected chi connectivity index (χ1v) is 9.76. The highest BCUT2D eigenvalue weighted by Crippen LogP contribution is 2.45. The third-order valence-corrected chi connectivity index (χ3v) is 6.59. The second-order valence-electron chi connectivity index (χ2n) is 6.96. The molecule has 0 aromatic carbocycles. The van der Waals surface area contributed by atoms with E-state index < -0.39 is 15.6 Å². The van der Waals surface area contributed by atoms with Gasteiger partial charge < -0.3 is 4.52 Å². The van der Waals surface area contributed by atoms with Crippen LogP contribution in [-0.4, -0.2) is 28.3 Å². The molecule has 0 bridgehead atoms. The van der Waals surface area contributed by atoms with Crippen molar-refractivity contribution in [2.24, 2.45) is 5.92 Å². The van der Waals surface area contributed by atoms with E-state index in [9.17, 15) is 8.42 Å². The number of aromatic nitrogens is 4. The predicted molar refractivity (Wildman–Crippen MR) is 84.5 cm³/mol. The Labute approximate surface area is 140 Å². The van der Waals surface area contributed by atoms with E-state index in [0.29, 0.717) is 17.8 Å². The van der Waals surface area contributed by atoms with Crippen LogP contribution in [0, 0.1) is 12.8 Å². The normalized spacial score (nSPS) is 21.4. The van der Waals surface area contributed by atoms with Gasteiger partial charge in [0.2, 0.25) is 15.9 Å². The quantitative estimate of drug-likeness (QED) is 0.852. The van der Waals surface area contributed by atoms with Gasteiger partial charge in [-0.15, -0.1) is 0 Å². The van der Waals surface area contributed by atoms with Crippen molar-refractivity contribution in [1.82, 2.24) is 24.6 Å². The highest BCUT2D eigenvalue weighted by atomic mass is 32.2. The lowest BCUT2D eigenvalue weighted by Crippen LogP contribution is -2.46. The Kier molecular flexibility index (Phi) is 3.54. The average molecular weight is 351 g/mol. The van der Waals surface area contributed by atoms with Crippen LogP contribution in [0.1, 0.15) is 56.8 Å². The van der Waals surface area contributed by atoms with Gasteiger partial charge in [0, 0.05) is 13.1 Å². The number of rotatable bonds is 6. The number of nitrogens with one attached hydrogen (secondary N) is 1. The van der Waals surface area contributed by atoms with Gasteiger partial charge in [0.25, 0.3) is 0 Å². The molecule has 24 heavy (non-hydrogen) atoms. The monoisotopic (exact) mass is 351 g/mol.